The van der Waals surface area contributed by atoms with Crippen molar-refractivity contribution < 1.29 is 4.79 Å². The molecule has 1 aromatic carbocycles. The molecule has 3 rings (SSSR count). The monoisotopic (exact) mass is 365 g/mol. The van der Waals surface area contributed by atoms with Gasteiger partial charge < -0.3 is 15.1 Å². The van der Waals surface area contributed by atoms with E-state index < -0.39 is 0 Å². The number of anilines is 2. The summed E-state index contributed by atoms with van der Waals surface area (Å²) in [6, 6.07) is 5.58. The molecule has 0 unspecified atom stereocenters. The van der Waals surface area contributed by atoms with Crippen molar-refractivity contribution in [2.75, 3.05) is 43.4 Å². The van der Waals surface area contributed by atoms with Crippen molar-refractivity contribution in [2.24, 2.45) is 0 Å². The summed E-state index contributed by atoms with van der Waals surface area (Å²) in [5.74, 6) is 0.447. The van der Waals surface area contributed by atoms with Crippen molar-refractivity contribution in [3.8, 4) is 0 Å². The van der Waals surface area contributed by atoms with Crippen LogP contribution in [-0.2, 0) is 0 Å². The van der Waals surface area contributed by atoms with Crippen LogP contribution in [0.5, 0.6) is 0 Å². The zero-order chi connectivity index (χ0) is 17.1. The molecule has 1 N–H and O–H groups in total. The number of carbonyl (C=O) groups excluding carboxylic acids is 1. The number of aromatic nitrogens is 2. The van der Waals surface area contributed by atoms with E-state index in [0.717, 1.165) is 18.8 Å². The van der Waals surface area contributed by atoms with Crippen LogP contribution in [0.25, 0.3) is 0 Å². The van der Waals surface area contributed by atoms with Crippen LogP contribution in [-0.4, -0.2) is 54.0 Å². The molecule has 0 aliphatic carbocycles. The summed E-state index contributed by atoms with van der Waals surface area (Å²) < 4.78 is 0. The summed E-state index contributed by atoms with van der Waals surface area (Å²) in [5.41, 5.74) is 1.51. The number of hydrogen-bond donors (Lipinski definition) is 1. The number of hydrogen-bond acceptors (Lipinski definition) is 5. The fourth-order valence-electron chi connectivity index (χ4n) is 2.60. The molecular formula is C16H17Cl2N5O. The lowest BCUT2D eigenvalue weighted by Gasteiger charge is -2.36. The number of halogens is 2. The first-order valence-electron chi connectivity index (χ1n) is 7.57. The lowest BCUT2D eigenvalue weighted by atomic mass is 10.2. The van der Waals surface area contributed by atoms with E-state index in [4.69, 9.17) is 23.2 Å². The van der Waals surface area contributed by atoms with Crippen LogP contribution in [0.4, 0.5) is 11.6 Å². The maximum Gasteiger partial charge on any atom is 0.257 e. The van der Waals surface area contributed by atoms with Gasteiger partial charge in [0.05, 0.1) is 15.6 Å². The van der Waals surface area contributed by atoms with Gasteiger partial charge in [0.2, 0.25) is 5.95 Å². The Hall–Kier alpha value is -2.05. The van der Waals surface area contributed by atoms with Crippen LogP contribution in [0, 0.1) is 0 Å². The molecule has 1 saturated heterocycles. The fourth-order valence-corrected chi connectivity index (χ4v) is 2.89. The molecule has 2 heterocycles. The Bertz CT molecular complexity index is 730. The number of nitrogens with zero attached hydrogens (tertiary/aromatic N) is 4. The van der Waals surface area contributed by atoms with E-state index in [2.05, 4.69) is 20.2 Å². The summed E-state index contributed by atoms with van der Waals surface area (Å²) in [4.78, 5) is 24.7. The number of benzene rings is 1. The lowest BCUT2D eigenvalue weighted by Crippen LogP contribution is -2.48. The standard InChI is InChI=1S/C16H17Cl2N5O/c1-19-16-20-9-11(10-21-16)15(24)23-6-4-22(5-7-23)12-2-3-13(17)14(18)8-12/h2-3,8-10H,4-7H2,1H3,(H,19,20,21). The van der Waals surface area contributed by atoms with Gasteiger partial charge in [-0.1, -0.05) is 23.2 Å². The normalized spacial score (nSPS) is 14.6. The van der Waals surface area contributed by atoms with Crippen LogP contribution in [0.3, 0.4) is 0 Å². The van der Waals surface area contributed by atoms with Crippen LogP contribution in [0.15, 0.2) is 30.6 Å². The Morgan fingerprint density at radius 1 is 1.08 bits per heavy atom. The van der Waals surface area contributed by atoms with Gasteiger partial charge in [-0.2, -0.15) is 0 Å². The van der Waals surface area contributed by atoms with E-state index in [1.807, 2.05) is 17.0 Å². The molecule has 1 aliphatic rings. The molecule has 0 atom stereocenters. The van der Waals surface area contributed by atoms with E-state index in [1.54, 1.807) is 25.5 Å². The zero-order valence-corrected chi connectivity index (χ0v) is 14.7. The van der Waals surface area contributed by atoms with Crippen molar-refractivity contribution >= 4 is 40.7 Å². The first kappa shape index (κ1) is 16.8. The molecule has 24 heavy (non-hydrogen) atoms. The Kier molecular flexibility index (Phi) is 5.06. The number of piperazine rings is 1. The van der Waals surface area contributed by atoms with Crippen LogP contribution < -0.4 is 10.2 Å². The number of amides is 1. The van der Waals surface area contributed by atoms with Crippen LogP contribution in [0.1, 0.15) is 10.4 Å². The van der Waals surface area contributed by atoms with Crippen molar-refractivity contribution in [3.05, 3.63) is 46.2 Å². The van der Waals surface area contributed by atoms with Gasteiger partial charge in [0.15, 0.2) is 0 Å². The van der Waals surface area contributed by atoms with Gasteiger partial charge >= 0.3 is 0 Å². The van der Waals surface area contributed by atoms with Crippen molar-refractivity contribution in [3.63, 3.8) is 0 Å². The van der Waals surface area contributed by atoms with Gasteiger partial charge in [0.1, 0.15) is 0 Å². The third-order valence-corrected chi connectivity index (χ3v) is 4.70. The predicted molar refractivity (Wildman–Crippen MR) is 96.2 cm³/mol. The van der Waals surface area contributed by atoms with Crippen molar-refractivity contribution in [2.45, 2.75) is 0 Å². The van der Waals surface area contributed by atoms with E-state index in [-0.39, 0.29) is 5.91 Å². The minimum absolute atomic E-state index is 0.0496. The Labute approximate surface area is 150 Å². The summed E-state index contributed by atoms with van der Waals surface area (Å²) in [7, 11) is 1.74. The quantitative estimate of drug-likeness (QED) is 0.905. The predicted octanol–water partition coefficient (Wildman–Crippen LogP) is 2.79. The molecule has 2 aromatic rings. The minimum Gasteiger partial charge on any atom is -0.368 e. The molecule has 1 fully saturated rings. The molecule has 6 nitrogen and oxygen atoms in total. The second-order valence-electron chi connectivity index (χ2n) is 5.42. The Morgan fingerprint density at radius 3 is 2.33 bits per heavy atom. The third-order valence-electron chi connectivity index (χ3n) is 3.96. The Balaban J connectivity index is 1.63. The molecule has 1 aromatic heterocycles. The zero-order valence-electron chi connectivity index (χ0n) is 13.2. The van der Waals surface area contributed by atoms with Gasteiger partial charge in [-0.15, -0.1) is 0 Å². The average Bonchev–Trinajstić information content (AvgIpc) is 2.63. The highest BCUT2D eigenvalue weighted by molar-refractivity contribution is 6.42. The van der Waals surface area contributed by atoms with E-state index in [1.165, 1.54) is 0 Å². The van der Waals surface area contributed by atoms with Gasteiger partial charge in [0.25, 0.3) is 5.91 Å². The molecule has 1 aliphatic heterocycles. The molecular weight excluding hydrogens is 349 g/mol. The number of nitrogens with one attached hydrogen (secondary N) is 1. The SMILES string of the molecule is CNc1ncc(C(=O)N2CCN(c3ccc(Cl)c(Cl)c3)CC2)cn1. The first-order chi connectivity index (χ1) is 11.6. The molecule has 126 valence electrons. The van der Waals surface area contributed by atoms with Crippen LogP contribution >= 0.6 is 23.2 Å². The fraction of sp³-hybridized carbons (Fsp3) is 0.312. The van der Waals surface area contributed by atoms with E-state index in [9.17, 15) is 4.79 Å². The molecule has 0 radical (unpaired) electrons. The second kappa shape index (κ2) is 7.23. The van der Waals surface area contributed by atoms with Gasteiger partial charge in [0, 0.05) is 51.3 Å². The Morgan fingerprint density at radius 2 is 1.75 bits per heavy atom. The summed E-state index contributed by atoms with van der Waals surface area (Å²) in [5, 5.41) is 3.91. The van der Waals surface area contributed by atoms with Gasteiger partial charge in [-0.05, 0) is 18.2 Å². The summed E-state index contributed by atoms with van der Waals surface area (Å²) in [6.07, 6.45) is 3.10. The lowest BCUT2D eigenvalue weighted by molar-refractivity contribution is 0.0746. The minimum atomic E-state index is -0.0496. The smallest absolute Gasteiger partial charge is 0.257 e. The highest BCUT2D eigenvalue weighted by atomic mass is 35.5. The molecule has 8 heteroatoms. The van der Waals surface area contributed by atoms with Crippen molar-refractivity contribution in [1.29, 1.82) is 0 Å². The number of rotatable bonds is 3. The second-order valence-corrected chi connectivity index (χ2v) is 6.24. The molecule has 0 bridgehead atoms. The topological polar surface area (TPSA) is 61.4 Å². The molecule has 0 spiro atoms. The molecule has 1 amide bonds. The maximum absolute atomic E-state index is 12.5. The third kappa shape index (κ3) is 3.55. The van der Waals surface area contributed by atoms with E-state index >= 15 is 0 Å². The van der Waals surface area contributed by atoms with Crippen LogP contribution in [0.2, 0.25) is 10.0 Å². The average molecular weight is 366 g/mol. The van der Waals surface area contributed by atoms with Gasteiger partial charge in [-0.25, -0.2) is 9.97 Å². The summed E-state index contributed by atoms with van der Waals surface area (Å²) >= 11 is 12.0. The number of carbonyl (C=O) groups is 1. The summed E-state index contributed by atoms with van der Waals surface area (Å²) in [6.45, 7) is 2.73. The van der Waals surface area contributed by atoms with Crippen molar-refractivity contribution in [1.82, 2.24) is 14.9 Å². The molecule has 0 saturated carbocycles. The maximum atomic E-state index is 12.5. The highest BCUT2D eigenvalue weighted by Gasteiger charge is 2.23. The van der Waals surface area contributed by atoms with E-state index in [0.29, 0.717) is 34.6 Å². The largest absolute Gasteiger partial charge is 0.368 e. The first-order valence-corrected chi connectivity index (χ1v) is 8.33. The highest BCUT2D eigenvalue weighted by Crippen LogP contribution is 2.27. The van der Waals surface area contributed by atoms with Gasteiger partial charge in [-0.3, -0.25) is 4.79 Å².